The summed E-state index contributed by atoms with van der Waals surface area (Å²) in [5.41, 5.74) is -0.0581. The normalized spacial score (nSPS) is 25.5. The van der Waals surface area contributed by atoms with E-state index < -0.39 is 15.6 Å². The van der Waals surface area contributed by atoms with Crippen molar-refractivity contribution in [3.63, 3.8) is 0 Å². The first-order chi connectivity index (χ1) is 8.72. The molecule has 1 saturated heterocycles. The fourth-order valence-corrected chi connectivity index (χ4v) is 4.50. The molecule has 0 spiro atoms. The summed E-state index contributed by atoms with van der Waals surface area (Å²) in [6.07, 6.45) is 1.26. The average Bonchev–Trinajstić information content (AvgIpc) is 2.27. The van der Waals surface area contributed by atoms with Crippen LogP contribution in [0, 0.1) is 6.92 Å². The van der Waals surface area contributed by atoms with Gasteiger partial charge in [-0.1, -0.05) is 17.7 Å². The zero-order valence-electron chi connectivity index (χ0n) is 11.1. The zero-order valence-corrected chi connectivity index (χ0v) is 12.6. The van der Waals surface area contributed by atoms with Gasteiger partial charge in [0, 0.05) is 13.1 Å². The third-order valence-corrected chi connectivity index (χ3v) is 5.67. The predicted octanol–water partition coefficient (Wildman–Crippen LogP) is 2.18. The van der Waals surface area contributed by atoms with E-state index in [-0.39, 0.29) is 16.5 Å². The number of rotatable bonds is 2. The molecule has 6 heteroatoms. The summed E-state index contributed by atoms with van der Waals surface area (Å²) in [6.45, 7) is 4.04. The van der Waals surface area contributed by atoms with Crippen LogP contribution in [0.2, 0.25) is 5.02 Å². The Bertz CT molecular complexity index is 584. The van der Waals surface area contributed by atoms with E-state index in [1.54, 1.807) is 19.1 Å². The number of aliphatic hydroxyl groups is 1. The van der Waals surface area contributed by atoms with Crippen molar-refractivity contribution in [3.8, 4) is 0 Å². The Morgan fingerprint density at radius 3 is 2.68 bits per heavy atom. The summed E-state index contributed by atoms with van der Waals surface area (Å²) in [5, 5.41) is 10.3. The fraction of sp³-hybridized carbons (Fsp3) is 0.538. The van der Waals surface area contributed by atoms with Gasteiger partial charge in [-0.15, -0.1) is 0 Å². The minimum Gasteiger partial charge on any atom is -0.389 e. The molecule has 1 heterocycles. The van der Waals surface area contributed by atoms with Crippen LogP contribution in [0.1, 0.15) is 25.3 Å². The molecule has 1 fully saturated rings. The van der Waals surface area contributed by atoms with Crippen LogP contribution in [0.15, 0.2) is 23.1 Å². The predicted molar refractivity (Wildman–Crippen MR) is 74.8 cm³/mol. The van der Waals surface area contributed by atoms with E-state index in [1.807, 2.05) is 6.92 Å². The van der Waals surface area contributed by atoms with E-state index >= 15 is 0 Å². The molecule has 0 aromatic heterocycles. The number of β-amino-alcohol motifs (C(OH)–C–C–N with tert-alkyl or cyclic N) is 1. The lowest BCUT2D eigenvalue weighted by molar-refractivity contribution is 0.00940. The standard InChI is InChI=1S/C13H18ClNO3S/c1-10-4-5-12(11(14)8-10)19(17,18)15-7-3-6-13(2,16)9-15/h4-5,8,16H,3,6-7,9H2,1-2H3. The Hall–Kier alpha value is -0.620. The second-order valence-electron chi connectivity index (χ2n) is 5.37. The molecule has 0 bridgehead atoms. The van der Waals surface area contributed by atoms with Crippen molar-refractivity contribution in [2.45, 2.75) is 37.2 Å². The van der Waals surface area contributed by atoms with Gasteiger partial charge in [-0.3, -0.25) is 0 Å². The highest BCUT2D eigenvalue weighted by atomic mass is 35.5. The number of halogens is 1. The molecule has 0 amide bonds. The molecule has 0 radical (unpaired) electrons. The molecule has 1 aliphatic rings. The molecule has 1 atom stereocenters. The number of sulfonamides is 1. The smallest absolute Gasteiger partial charge is 0.244 e. The Labute approximate surface area is 119 Å². The van der Waals surface area contributed by atoms with Gasteiger partial charge in [-0.25, -0.2) is 8.42 Å². The SMILES string of the molecule is Cc1ccc(S(=O)(=O)N2CCCC(C)(O)C2)c(Cl)c1. The van der Waals surface area contributed by atoms with Crippen molar-refractivity contribution in [2.24, 2.45) is 0 Å². The first-order valence-electron chi connectivity index (χ1n) is 6.21. The second kappa shape index (κ2) is 5.05. The highest BCUT2D eigenvalue weighted by molar-refractivity contribution is 7.89. The van der Waals surface area contributed by atoms with E-state index in [1.165, 1.54) is 10.4 Å². The Morgan fingerprint density at radius 1 is 1.42 bits per heavy atom. The van der Waals surface area contributed by atoms with Gasteiger partial charge in [-0.05, 0) is 44.4 Å². The summed E-state index contributed by atoms with van der Waals surface area (Å²) in [7, 11) is -3.64. The first kappa shape index (κ1) is 14.8. The van der Waals surface area contributed by atoms with E-state index in [2.05, 4.69) is 0 Å². The van der Waals surface area contributed by atoms with E-state index in [0.29, 0.717) is 19.4 Å². The summed E-state index contributed by atoms with van der Waals surface area (Å²) < 4.78 is 26.4. The lowest BCUT2D eigenvalue weighted by atomic mass is 9.97. The molecular formula is C13H18ClNO3S. The summed E-state index contributed by atoms with van der Waals surface area (Å²) in [5.74, 6) is 0. The van der Waals surface area contributed by atoms with Crippen LogP contribution in [0.4, 0.5) is 0 Å². The van der Waals surface area contributed by atoms with Crippen molar-refractivity contribution in [2.75, 3.05) is 13.1 Å². The summed E-state index contributed by atoms with van der Waals surface area (Å²) in [6, 6.07) is 4.88. The molecule has 0 aliphatic carbocycles. The Kier molecular flexibility index (Phi) is 3.93. The van der Waals surface area contributed by atoms with Crippen molar-refractivity contribution in [3.05, 3.63) is 28.8 Å². The van der Waals surface area contributed by atoms with Crippen molar-refractivity contribution < 1.29 is 13.5 Å². The minimum absolute atomic E-state index is 0.109. The number of nitrogens with zero attached hydrogens (tertiary/aromatic N) is 1. The molecule has 4 nitrogen and oxygen atoms in total. The number of benzene rings is 1. The molecule has 0 saturated carbocycles. The molecule has 1 N–H and O–H groups in total. The molecule has 1 aliphatic heterocycles. The van der Waals surface area contributed by atoms with Gasteiger partial charge in [0.05, 0.1) is 10.6 Å². The zero-order chi connectivity index (χ0) is 14.3. The number of aryl methyl sites for hydroxylation is 1. The molecule has 2 rings (SSSR count). The molecule has 1 aromatic carbocycles. The highest BCUT2D eigenvalue weighted by Crippen LogP contribution is 2.30. The van der Waals surface area contributed by atoms with E-state index in [9.17, 15) is 13.5 Å². The average molecular weight is 304 g/mol. The maximum atomic E-state index is 12.5. The Morgan fingerprint density at radius 2 is 2.11 bits per heavy atom. The maximum Gasteiger partial charge on any atom is 0.244 e. The Balaban J connectivity index is 2.37. The summed E-state index contributed by atoms with van der Waals surface area (Å²) in [4.78, 5) is 0.109. The van der Waals surface area contributed by atoms with Crippen LogP contribution in [-0.2, 0) is 10.0 Å². The van der Waals surface area contributed by atoms with Gasteiger partial charge in [0.25, 0.3) is 0 Å². The minimum atomic E-state index is -3.64. The summed E-state index contributed by atoms with van der Waals surface area (Å²) >= 11 is 6.04. The molecule has 19 heavy (non-hydrogen) atoms. The number of piperidine rings is 1. The van der Waals surface area contributed by atoms with Crippen molar-refractivity contribution in [1.29, 1.82) is 0 Å². The van der Waals surface area contributed by atoms with Crippen LogP contribution in [0.3, 0.4) is 0 Å². The van der Waals surface area contributed by atoms with Gasteiger partial charge in [0.15, 0.2) is 0 Å². The topological polar surface area (TPSA) is 57.6 Å². The third-order valence-electron chi connectivity index (χ3n) is 3.35. The van der Waals surface area contributed by atoms with Crippen LogP contribution >= 0.6 is 11.6 Å². The van der Waals surface area contributed by atoms with Gasteiger partial charge in [0.2, 0.25) is 10.0 Å². The van der Waals surface area contributed by atoms with Gasteiger partial charge >= 0.3 is 0 Å². The van der Waals surface area contributed by atoms with Crippen molar-refractivity contribution >= 4 is 21.6 Å². The van der Waals surface area contributed by atoms with Crippen LogP contribution in [-0.4, -0.2) is 36.5 Å². The molecule has 106 valence electrons. The first-order valence-corrected chi connectivity index (χ1v) is 8.03. The highest BCUT2D eigenvalue weighted by Gasteiger charge is 2.36. The largest absolute Gasteiger partial charge is 0.389 e. The number of hydrogen-bond acceptors (Lipinski definition) is 3. The second-order valence-corrected chi connectivity index (χ2v) is 7.69. The van der Waals surface area contributed by atoms with Crippen LogP contribution in [0.5, 0.6) is 0 Å². The fourth-order valence-electron chi connectivity index (χ4n) is 2.33. The quantitative estimate of drug-likeness (QED) is 0.911. The van der Waals surface area contributed by atoms with E-state index in [4.69, 9.17) is 11.6 Å². The van der Waals surface area contributed by atoms with Gasteiger partial charge < -0.3 is 5.11 Å². The van der Waals surface area contributed by atoms with Crippen LogP contribution < -0.4 is 0 Å². The monoisotopic (exact) mass is 303 g/mol. The van der Waals surface area contributed by atoms with E-state index in [0.717, 1.165) is 5.56 Å². The van der Waals surface area contributed by atoms with Crippen LogP contribution in [0.25, 0.3) is 0 Å². The molecular weight excluding hydrogens is 286 g/mol. The van der Waals surface area contributed by atoms with Gasteiger partial charge in [0.1, 0.15) is 4.90 Å². The van der Waals surface area contributed by atoms with Crippen molar-refractivity contribution in [1.82, 2.24) is 4.31 Å². The molecule has 1 unspecified atom stereocenters. The molecule has 1 aromatic rings. The lowest BCUT2D eigenvalue weighted by Crippen LogP contribution is -2.48. The lowest BCUT2D eigenvalue weighted by Gasteiger charge is -2.36. The maximum absolute atomic E-state index is 12.5. The van der Waals surface area contributed by atoms with Gasteiger partial charge in [-0.2, -0.15) is 4.31 Å². The third kappa shape index (κ3) is 3.11. The number of hydrogen-bond donors (Lipinski definition) is 1.